The number of rotatable bonds is 4. The minimum atomic E-state index is -0.232. The van der Waals surface area contributed by atoms with Crippen LogP contribution in [-0.4, -0.2) is 35.0 Å². The predicted molar refractivity (Wildman–Crippen MR) is 76.5 cm³/mol. The van der Waals surface area contributed by atoms with Crippen molar-refractivity contribution in [3.8, 4) is 0 Å². The lowest BCUT2D eigenvalue weighted by Crippen LogP contribution is -2.25. The molecule has 0 aliphatic carbocycles. The van der Waals surface area contributed by atoms with Gasteiger partial charge in [-0.15, -0.1) is 0 Å². The first-order chi connectivity index (χ1) is 9.56. The fraction of sp³-hybridized carbons (Fsp3) is 0.286. The molecule has 6 heteroatoms. The lowest BCUT2D eigenvalue weighted by molar-refractivity contribution is 0.0945. The Bertz CT molecular complexity index is 598. The molecule has 104 valence electrons. The van der Waals surface area contributed by atoms with E-state index < -0.39 is 0 Å². The highest BCUT2D eigenvalue weighted by atomic mass is 16.1. The largest absolute Gasteiger partial charge is 0.347 e. The van der Waals surface area contributed by atoms with Crippen LogP contribution in [0.5, 0.6) is 0 Å². The molecule has 2 heterocycles. The average molecular weight is 271 g/mol. The number of aryl methyl sites for hydroxylation is 1. The van der Waals surface area contributed by atoms with Gasteiger partial charge in [-0.25, -0.2) is 9.97 Å². The maximum atomic E-state index is 12.1. The van der Waals surface area contributed by atoms with Gasteiger partial charge in [0.25, 0.3) is 5.91 Å². The lowest BCUT2D eigenvalue weighted by atomic mass is 10.3. The second-order valence-electron chi connectivity index (χ2n) is 4.59. The maximum Gasteiger partial charge on any atom is 0.270 e. The van der Waals surface area contributed by atoms with Crippen LogP contribution in [-0.2, 0) is 6.54 Å². The van der Waals surface area contributed by atoms with Crippen LogP contribution in [0.3, 0.4) is 0 Å². The van der Waals surface area contributed by atoms with E-state index >= 15 is 0 Å². The van der Waals surface area contributed by atoms with Gasteiger partial charge < -0.3 is 10.2 Å². The number of aromatic nitrogens is 3. The summed E-state index contributed by atoms with van der Waals surface area (Å²) in [5, 5.41) is 2.80. The number of hydrogen-bond donors (Lipinski definition) is 1. The molecule has 0 saturated heterocycles. The first kappa shape index (κ1) is 13.9. The predicted octanol–water partition coefficient (Wildman–Crippen LogP) is 1.18. The van der Waals surface area contributed by atoms with E-state index in [1.165, 1.54) is 0 Å². The highest BCUT2D eigenvalue weighted by Crippen LogP contribution is 2.07. The molecule has 0 radical (unpaired) electrons. The minimum Gasteiger partial charge on any atom is -0.347 e. The summed E-state index contributed by atoms with van der Waals surface area (Å²) < 4.78 is 0. The van der Waals surface area contributed by atoms with Crippen molar-refractivity contribution >= 4 is 11.9 Å². The summed E-state index contributed by atoms with van der Waals surface area (Å²) in [6.45, 7) is 2.21. The summed E-state index contributed by atoms with van der Waals surface area (Å²) in [6.07, 6.45) is 1.69. The third-order valence-electron chi connectivity index (χ3n) is 2.63. The number of carbonyl (C=O) groups excluding carboxylic acids is 1. The SMILES string of the molecule is Cc1cc(C(=O)NCc2ccccn2)nc(N(C)C)n1. The fourth-order valence-corrected chi connectivity index (χ4v) is 1.63. The molecule has 0 unspecified atom stereocenters. The molecule has 0 aliphatic rings. The van der Waals surface area contributed by atoms with Gasteiger partial charge in [-0.1, -0.05) is 6.07 Å². The van der Waals surface area contributed by atoms with Crippen molar-refractivity contribution in [3.05, 3.63) is 47.5 Å². The highest BCUT2D eigenvalue weighted by Gasteiger charge is 2.11. The molecule has 2 aromatic heterocycles. The van der Waals surface area contributed by atoms with Crippen LogP contribution in [0.4, 0.5) is 5.95 Å². The van der Waals surface area contributed by atoms with Crippen molar-refractivity contribution in [2.24, 2.45) is 0 Å². The van der Waals surface area contributed by atoms with E-state index in [1.807, 2.05) is 39.2 Å². The van der Waals surface area contributed by atoms with Crippen molar-refractivity contribution < 1.29 is 4.79 Å². The van der Waals surface area contributed by atoms with Gasteiger partial charge in [0.1, 0.15) is 5.69 Å². The van der Waals surface area contributed by atoms with Crippen molar-refractivity contribution in [2.45, 2.75) is 13.5 Å². The number of amides is 1. The van der Waals surface area contributed by atoms with Crippen LogP contribution in [0, 0.1) is 6.92 Å². The highest BCUT2D eigenvalue weighted by molar-refractivity contribution is 5.92. The van der Waals surface area contributed by atoms with E-state index in [1.54, 1.807) is 17.2 Å². The molecule has 6 nitrogen and oxygen atoms in total. The van der Waals surface area contributed by atoms with E-state index in [4.69, 9.17) is 0 Å². The first-order valence-corrected chi connectivity index (χ1v) is 6.27. The third-order valence-corrected chi connectivity index (χ3v) is 2.63. The molecule has 0 bridgehead atoms. The average Bonchev–Trinajstić information content (AvgIpc) is 2.45. The van der Waals surface area contributed by atoms with Gasteiger partial charge in [-0.3, -0.25) is 9.78 Å². The van der Waals surface area contributed by atoms with E-state index in [9.17, 15) is 4.79 Å². The van der Waals surface area contributed by atoms with E-state index in [0.717, 1.165) is 11.4 Å². The van der Waals surface area contributed by atoms with E-state index in [0.29, 0.717) is 18.2 Å². The molecular formula is C14H17N5O. The Hall–Kier alpha value is -2.50. The van der Waals surface area contributed by atoms with E-state index in [-0.39, 0.29) is 5.91 Å². The zero-order valence-electron chi connectivity index (χ0n) is 11.8. The van der Waals surface area contributed by atoms with Gasteiger partial charge in [0, 0.05) is 26.0 Å². The zero-order chi connectivity index (χ0) is 14.5. The third kappa shape index (κ3) is 3.50. The first-order valence-electron chi connectivity index (χ1n) is 6.27. The molecule has 0 atom stereocenters. The van der Waals surface area contributed by atoms with Crippen molar-refractivity contribution in [2.75, 3.05) is 19.0 Å². The van der Waals surface area contributed by atoms with Crippen LogP contribution in [0.25, 0.3) is 0 Å². The number of nitrogens with zero attached hydrogens (tertiary/aromatic N) is 4. The number of pyridine rings is 1. The normalized spacial score (nSPS) is 10.2. The van der Waals surface area contributed by atoms with Crippen molar-refractivity contribution in [1.29, 1.82) is 0 Å². The van der Waals surface area contributed by atoms with Crippen LogP contribution < -0.4 is 10.2 Å². The molecular weight excluding hydrogens is 254 g/mol. The molecule has 20 heavy (non-hydrogen) atoms. The summed E-state index contributed by atoms with van der Waals surface area (Å²) in [6, 6.07) is 7.24. The van der Waals surface area contributed by atoms with Gasteiger partial charge >= 0.3 is 0 Å². The second kappa shape index (κ2) is 6.10. The molecule has 2 rings (SSSR count). The Morgan fingerprint density at radius 2 is 2.10 bits per heavy atom. The van der Waals surface area contributed by atoms with Gasteiger partial charge in [0.05, 0.1) is 12.2 Å². The quantitative estimate of drug-likeness (QED) is 0.904. The Labute approximate surface area is 117 Å². The Kier molecular flexibility index (Phi) is 4.24. The smallest absolute Gasteiger partial charge is 0.270 e. The molecule has 0 aliphatic heterocycles. The summed E-state index contributed by atoms with van der Waals surface area (Å²) in [5.74, 6) is 0.289. The molecule has 1 N–H and O–H groups in total. The lowest BCUT2D eigenvalue weighted by Gasteiger charge is -2.12. The van der Waals surface area contributed by atoms with Crippen LogP contribution in [0.15, 0.2) is 30.5 Å². The second-order valence-corrected chi connectivity index (χ2v) is 4.59. The number of nitrogens with one attached hydrogen (secondary N) is 1. The Balaban J connectivity index is 2.09. The van der Waals surface area contributed by atoms with Crippen molar-refractivity contribution in [3.63, 3.8) is 0 Å². The van der Waals surface area contributed by atoms with Gasteiger partial charge in [0.15, 0.2) is 0 Å². The van der Waals surface area contributed by atoms with Crippen LogP contribution in [0.1, 0.15) is 21.9 Å². The molecule has 0 aromatic carbocycles. The minimum absolute atomic E-state index is 0.232. The van der Waals surface area contributed by atoms with Gasteiger partial charge in [-0.2, -0.15) is 0 Å². The molecule has 2 aromatic rings. The Morgan fingerprint density at radius 3 is 2.75 bits per heavy atom. The Morgan fingerprint density at radius 1 is 1.30 bits per heavy atom. The fourth-order valence-electron chi connectivity index (χ4n) is 1.63. The molecule has 1 amide bonds. The van der Waals surface area contributed by atoms with Crippen molar-refractivity contribution in [1.82, 2.24) is 20.3 Å². The molecule has 0 spiro atoms. The standard InChI is InChI=1S/C14H17N5O/c1-10-8-12(18-14(17-10)19(2)3)13(20)16-9-11-6-4-5-7-15-11/h4-8H,9H2,1-3H3,(H,16,20). The number of anilines is 1. The molecule has 0 fully saturated rings. The summed E-state index contributed by atoms with van der Waals surface area (Å²) >= 11 is 0. The van der Waals surface area contributed by atoms with Gasteiger partial charge in [0.2, 0.25) is 5.95 Å². The van der Waals surface area contributed by atoms with E-state index in [2.05, 4.69) is 20.3 Å². The van der Waals surface area contributed by atoms with Crippen LogP contribution >= 0.6 is 0 Å². The van der Waals surface area contributed by atoms with Gasteiger partial charge in [-0.05, 0) is 25.1 Å². The zero-order valence-corrected chi connectivity index (χ0v) is 11.8. The summed E-state index contributed by atoms with van der Waals surface area (Å²) in [5.41, 5.74) is 1.92. The molecule has 0 saturated carbocycles. The summed E-state index contributed by atoms with van der Waals surface area (Å²) in [7, 11) is 3.68. The number of carbonyl (C=O) groups is 1. The topological polar surface area (TPSA) is 71.0 Å². The maximum absolute atomic E-state index is 12.1. The number of hydrogen-bond acceptors (Lipinski definition) is 5. The summed E-state index contributed by atoms with van der Waals surface area (Å²) in [4.78, 5) is 26.5. The monoisotopic (exact) mass is 271 g/mol. The van der Waals surface area contributed by atoms with Crippen LogP contribution in [0.2, 0.25) is 0 Å².